The van der Waals surface area contributed by atoms with E-state index in [0.29, 0.717) is 17.3 Å². The number of carbonyl (C=O) groups is 1. The van der Waals surface area contributed by atoms with Gasteiger partial charge >= 0.3 is 5.97 Å². The molecule has 0 aliphatic rings. The molecule has 0 spiro atoms. The van der Waals surface area contributed by atoms with Crippen molar-refractivity contribution in [2.45, 2.75) is 13.5 Å². The molecule has 0 saturated heterocycles. The van der Waals surface area contributed by atoms with E-state index in [0.717, 1.165) is 0 Å². The predicted molar refractivity (Wildman–Crippen MR) is 68.7 cm³/mol. The Bertz CT molecular complexity index is 581. The Balaban J connectivity index is 2.18. The molecule has 0 amide bonds. The molecule has 0 radical (unpaired) electrons. The molecule has 0 saturated carbocycles. The van der Waals surface area contributed by atoms with Crippen molar-refractivity contribution in [2.24, 2.45) is 0 Å². The van der Waals surface area contributed by atoms with Crippen LogP contribution in [0.2, 0.25) is 5.02 Å². The quantitative estimate of drug-likeness (QED) is 0.844. The van der Waals surface area contributed by atoms with Gasteiger partial charge in [0.15, 0.2) is 5.82 Å². The number of nitrogens with two attached hydrogens (primary N) is 1. The van der Waals surface area contributed by atoms with Crippen LogP contribution in [-0.2, 0) is 11.3 Å². The molecular formula is C11H12ClN5O2. The van der Waals surface area contributed by atoms with Crippen molar-refractivity contribution in [1.29, 1.82) is 0 Å². The van der Waals surface area contributed by atoms with Gasteiger partial charge in [-0.15, -0.1) is 5.10 Å². The van der Waals surface area contributed by atoms with Crippen LogP contribution in [0, 0.1) is 0 Å². The summed E-state index contributed by atoms with van der Waals surface area (Å²) < 4.78 is 6.20. The molecule has 2 rings (SSSR count). The monoisotopic (exact) mass is 281 g/mol. The van der Waals surface area contributed by atoms with E-state index >= 15 is 0 Å². The van der Waals surface area contributed by atoms with Gasteiger partial charge in [0.25, 0.3) is 0 Å². The maximum Gasteiger partial charge on any atom is 0.362 e. The number of carbonyl (C=O) groups excluding carboxylic acids is 1. The highest BCUT2D eigenvalue weighted by atomic mass is 35.5. The number of nitrogen functional groups attached to an aromatic ring is 1. The summed E-state index contributed by atoms with van der Waals surface area (Å²) in [4.78, 5) is 15.6. The fourth-order valence-corrected chi connectivity index (χ4v) is 1.55. The first-order valence-electron chi connectivity index (χ1n) is 5.58. The van der Waals surface area contributed by atoms with Crippen molar-refractivity contribution in [1.82, 2.24) is 20.0 Å². The van der Waals surface area contributed by atoms with Crippen LogP contribution in [0.15, 0.2) is 18.3 Å². The highest BCUT2D eigenvalue weighted by molar-refractivity contribution is 6.30. The number of hydrogen-bond donors (Lipinski definition) is 1. The van der Waals surface area contributed by atoms with E-state index in [9.17, 15) is 4.79 Å². The van der Waals surface area contributed by atoms with Gasteiger partial charge in [-0.05, 0) is 19.1 Å². The lowest BCUT2D eigenvalue weighted by Crippen LogP contribution is -2.11. The summed E-state index contributed by atoms with van der Waals surface area (Å²) in [6, 6.07) is 3.46. The van der Waals surface area contributed by atoms with Crippen LogP contribution in [0.25, 0.3) is 0 Å². The van der Waals surface area contributed by atoms with Crippen LogP contribution < -0.4 is 5.73 Å². The molecule has 0 aliphatic heterocycles. The topological polar surface area (TPSA) is 95.9 Å². The Hall–Kier alpha value is -2.15. The van der Waals surface area contributed by atoms with E-state index in [4.69, 9.17) is 22.1 Å². The zero-order chi connectivity index (χ0) is 13.8. The Morgan fingerprint density at radius 2 is 2.32 bits per heavy atom. The molecule has 0 aromatic carbocycles. The van der Waals surface area contributed by atoms with Gasteiger partial charge in [0.1, 0.15) is 0 Å². The standard InChI is InChI=1S/C11H12ClN5O2/c1-2-19-11(18)9-10(13)17(16-15-9)6-8-4-3-7(12)5-14-8/h3-5H,2,6,13H2,1H3. The summed E-state index contributed by atoms with van der Waals surface area (Å²) in [5, 5.41) is 8.06. The van der Waals surface area contributed by atoms with Gasteiger partial charge in [-0.25, -0.2) is 9.48 Å². The lowest BCUT2D eigenvalue weighted by Gasteiger charge is -2.03. The molecule has 7 nitrogen and oxygen atoms in total. The molecule has 2 N–H and O–H groups in total. The lowest BCUT2D eigenvalue weighted by molar-refractivity contribution is 0.0520. The largest absolute Gasteiger partial charge is 0.461 e. The molecule has 8 heteroatoms. The normalized spacial score (nSPS) is 10.4. The molecule has 0 unspecified atom stereocenters. The van der Waals surface area contributed by atoms with Crippen molar-refractivity contribution in [2.75, 3.05) is 12.3 Å². The summed E-state index contributed by atoms with van der Waals surface area (Å²) in [7, 11) is 0. The van der Waals surface area contributed by atoms with Crippen LogP contribution in [-0.4, -0.2) is 32.6 Å². The number of halogens is 1. The average Bonchev–Trinajstić information content (AvgIpc) is 2.74. The molecule has 2 aromatic heterocycles. The van der Waals surface area contributed by atoms with Crippen LogP contribution in [0.3, 0.4) is 0 Å². The zero-order valence-electron chi connectivity index (χ0n) is 10.2. The molecule has 0 bridgehead atoms. The Morgan fingerprint density at radius 3 is 2.95 bits per heavy atom. The lowest BCUT2D eigenvalue weighted by atomic mass is 10.3. The Labute approximate surface area is 114 Å². The summed E-state index contributed by atoms with van der Waals surface area (Å²) >= 11 is 5.74. The van der Waals surface area contributed by atoms with Crippen molar-refractivity contribution in [3.8, 4) is 0 Å². The number of nitrogens with zero attached hydrogens (tertiary/aromatic N) is 4. The van der Waals surface area contributed by atoms with Crippen LogP contribution in [0.4, 0.5) is 5.82 Å². The second kappa shape index (κ2) is 5.66. The van der Waals surface area contributed by atoms with Gasteiger partial charge in [0.2, 0.25) is 5.69 Å². The van der Waals surface area contributed by atoms with Crippen molar-refractivity contribution < 1.29 is 9.53 Å². The molecule has 100 valence electrons. The molecule has 19 heavy (non-hydrogen) atoms. The highest BCUT2D eigenvalue weighted by Gasteiger charge is 2.18. The Morgan fingerprint density at radius 1 is 1.53 bits per heavy atom. The maximum atomic E-state index is 11.5. The van der Waals surface area contributed by atoms with E-state index in [1.165, 1.54) is 10.9 Å². The third-order valence-corrected chi connectivity index (χ3v) is 2.57. The fraction of sp³-hybridized carbons (Fsp3) is 0.273. The smallest absolute Gasteiger partial charge is 0.362 e. The maximum absolute atomic E-state index is 11.5. The van der Waals surface area contributed by atoms with Gasteiger partial charge in [-0.2, -0.15) is 0 Å². The first-order valence-corrected chi connectivity index (χ1v) is 5.96. The van der Waals surface area contributed by atoms with Gasteiger partial charge < -0.3 is 10.5 Å². The summed E-state index contributed by atoms with van der Waals surface area (Å²) in [5.74, 6) is -0.439. The van der Waals surface area contributed by atoms with Gasteiger partial charge in [0.05, 0.1) is 23.9 Å². The van der Waals surface area contributed by atoms with Crippen LogP contribution >= 0.6 is 11.6 Å². The third-order valence-electron chi connectivity index (χ3n) is 2.34. The fourth-order valence-electron chi connectivity index (χ4n) is 1.44. The molecule has 2 heterocycles. The minimum absolute atomic E-state index is 0.0100. The van der Waals surface area contributed by atoms with E-state index in [2.05, 4.69) is 15.3 Å². The van der Waals surface area contributed by atoms with Crippen LogP contribution in [0.5, 0.6) is 0 Å². The Kier molecular flexibility index (Phi) is 3.96. The predicted octanol–water partition coefficient (Wildman–Crippen LogP) is 1.13. The number of ether oxygens (including phenoxy) is 1. The summed E-state index contributed by atoms with van der Waals surface area (Å²) in [5.41, 5.74) is 6.51. The molecule has 0 aliphatic carbocycles. The van der Waals surface area contributed by atoms with Gasteiger partial charge in [-0.3, -0.25) is 4.98 Å². The zero-order valence-corrected chi connectivity index (χ0v) is 11.0. The molecule has 0 fully saturated rings. The summed E-state index contributed by atoms with van der Waals surface area (Å²) in [6.07, 6.45) is 1.52. The third kappa shape index (κ3) is 3.00. The number of rotatable bonds is 4. The van der Waals surface area contributed by atoms with Gasteiger partial charge in [0, 0.05) is 6.20 Å². The molecule has 2 aromatic rings. The minimum Gasteiger partial charge on any atom is -0.461 e. The van der Waals surface area contributed by atoms with E-state index in [1.807, 2.05) is 0 Å². The first-order chi connectivity index (χ1) is 9.11. The van der Waals surface area contributed by atoms with E-state index in [1.54, 1.807) is 19.1 Å². The van der Waals surface area contributed by atoms with E-state index in [-0.39, 0.29) is 18.1 Å². The van der Waals surface area contributed by atoms with Gasteiger partial charge in [-0.1, -0.05) is 16.8 Å². The van der Waals surface area contributed by atoms with Crippen molar-refractivity contribution >= 4 is 23.4 Å². The van der Waals surface area contributed by atoms with Crippen molar-refractivity contribution in [3.63, 3.8) is 0 Å². The van der Waals surface area contributed by atoms with Crippen LogP contribution in [0.1, 0.15) is 23.1 Å². The number of anilines is 1. The summed E-state index contributed by atoms with van der Waals surface area (Å²) in [6.45, 7) is 2.26. The molecule has 0 atom stereocenters. The second-order valence-corrected chi connectivity index (χ2v) is 4.11. The number of aromatic nitrogens is 4. The average molecular weight is 282 g/mol. The minimum atomic E-state index is -0.588. The van der Waals surface area contributed by atoms with Crippen molar-refractivity contribution in [3.05, 3.63) is 34.7 Å². The first kappa shape index (κ1) is 13.3. The SMILES string of the molecule is CCOC(=O)c1nnn(Cc2ccc(Cl)cn2)c1N. The van der Waals surface area contributed by atoms with E-state index < -0.39 is 5.97 Å². The number of esters is 1. The highest BCUT2D eigenvalue weighted by Crippen LogP contribution is 2.12. The number of pyridine rings is 1. The number of hydrogen-bond acceptors (Lipinski definition) is 6. The molecular weight excluding hydrogens is 270 g/mol. The second-order valence-electron chi connectivity index (χ2n) is 3.67.